The molecule has 0 saturated carbocycles. The van der Waals surface area contributed by atoms with Crippen LogP contribution in [0.3, 0.4) is 0 Å². The zero-order valence-electron chi connectivity index (χ0n) is 9.74. The third-order valence-corrected chi connectivity index (χ3v) is 2.61. The predicted molar refractivity (Wildman–Crippen MR) is 66.9 cm³/mol. The Morgan fingerprint density at radius 2 is 2.17 bits per heavy atom. The van der Waals surface area contributed by atoms with Gasteiger partial charge in [-0.25, -0.2) is 15.2 Å². The molecule has 18 heavy (non-hydrogen) atoms. The first-order chi connectivity index (χ1) is 8.65. The monoisotopic (exact) mass is 242 g/mol. The number of nitrogens with zero attached hydrogens (tertiary/aromatic N) is 2. The van der Waals surface area contributed by atoms with Crippen LogP contribution < -0.4 is 11.3 Å². The zero-order valence-corrected chi connectivity index (χ0v) is 9.74. The summed E-state index contributed by atoms with van der Waals surface area (Å²) in [7, 11) is 0. The van der Waals surface area contributed by atoms with E-state index in [1.165, 1.54) is 12.1 Å². The minimum atomic E-state index is -0.327. The van der Waals surface area contributed by atoms with Gasteiger partial charge in [-0.3, -0.25) is 0 Å². The average molecular weight is 242 g/mol. The van der Waals surface area contributed by atoms with Crippen molar-refractivity contribution in [2.24, 2.45) is 5.84 Å². The molecule has 0 spiro atoms. The van der Waals surface area contributed by atoms with E-state index in [0.29, 0.717) is 28.2 Å². The molecule has 1 aromatic carbocycles. The molecule has 3 N–H and O–H groups in total. The Morgan fingerprint density at radius 3 is 2.78 bits per heavy atom. The molecule has 0 radical (unpaired) electrons. The lowest BCUT2D eigenvalue weighted by Gasteiger charge is -2.09. The number of rotatable bonds is 2. The van der Waals surface area contributed by atoms with Crippen LogP contribution in [0.1, 0.15) is 11.3 Å². The summed E-state index contributed by atoms with van der Waals surface area (Å²) in [6, 6.07) is 9.80. The molecule has 2 rings (SSSR count). The fraction of sp³-hybridized carbons (Fsp3) is 0.0769. The third kappa shape index (κ3) is 2.14. The highest BCUT2D eigenvalue weighted by molar-refractivity contribution is 5.70. The lowest BCUT2D eigenvalue weighted by Crippen LogP contribution is -2.11. The largest absolute Gasteiger partial charge is 0.307 e. The molecule has 0 amide bonds. The lowest BCUT2D eigenvalue weighted by molar-refractivity contribution is 0.628. The Morgan fingerprint density at radius 1 is 1.39 bits per heavy atom. The number of pyridine rings is 1. The smallest absolute Gasteiger partial charge is 0.158 e. The first kappa shape index (κ1) is 12.0. The maximum absolute atomic E-state index is 13.2. The highest BCUT2D eigenvalue weighted by atomic mass is 19.1. The number of halogens is 1. The van der Waals surface area contributed by atoms with Gasteiger partial charge >= 0.3 is 0 Å². The minimum Gasteiger partial charge on any atom is -0.307 e. The number of aryl methyl sites for hydroxylation is 1. The molecule has 2 aromatic rings. The van der Waals surface area contributed by atoms with Crippen molar-refractivity contribution >= 4 is 5.82 Å². The Hall–Kier alpha value is -2.45. The van der Waals surface area contributed by atoms with Crippen molar-refractivity contribution in [2.45, 2.75) is 6.92 Å². The van der Waals surface area contributed by atoms with E-state index in [2.05, 4.69) is 10.4 Å². The topological polar surface area (TPSA) is 74.7 Å². The molecular weight excluding hydrogens is 231 g/mol. The highest BCUT2D eigenvalue weighted by Crippen LogP contribution is 2.26. The van der Waals surface area contributed by atoms with Gasteiger partial charge in [-0.1, -0.05) is 12.1 Å². The quantitative estimate of drug-likeness (QED) is 0.626. The lowest BCUT2D eigenvalue weighted by atomic mass is 10.0. The standard InChI is InChI=1S/C13H11FN4/c1-8-12(9-3-2-4-11(14)5-9)6-10(7-15)13(17-8)18-16/h2-6H,16H2,1H3,(H,17,18). The predicted octanol–water partition coefficient (Wildman–Crippen LogP) is 2.35. The van der Waals surface area contributed by atoms with E-state index in [1.807, 2.05) is 6.07 Å². The van der Waals surface area contributed by atoms with Crippen LogP contribution in [0.2, 0.25) is 0 Å². The number of hydrazine groups is 1. The van der Waals surface area contributed by atoms with Gasteiger partial charge in [0.25, 0.3) is 0 Å². The van der Waals surface area contributed by atoms with E-state index in [9.17, 15) is 4.39 Å². The maximum Gasteiger partial charge on any atom is 0.158 e. The Bertz CT molecular complexity index is 631. The van der Waals surface area contributed by atoms with E-state index < -0.39 is 0 Å². The van der Waals surface area contributed by atoms with Crippen LogP contribution in [-0.4, -0.2) is 4.98 Å². The second kappa shape index (κ2) is 4.82. The maximum atomic E-state index is 13.2. The molecule has 90 valence electrons. The van der Waals surface area contributed by atoms with Gasteiger partial charge in [-0.15, -0.1) is 0 Å². The summed E-state index contributed by atoms with van der Waals surface area (Å²) in [6.07, 6.45) is 0. The van der Waals surface area contributed by atoms with Gasteiger partial charge in [-0.2, -0.15) is 5.26 Å². The number of nitrogen functional groups attached to an aromatic ring is 1. The van der Waals surface area contributed by atoms with E-state index in [-0.39, 0.29) is 5.82 Å². The highest BCUT2D eigenvalue weighted by Gasteiger charge is 2.10. The van der Waals surface area contributed by atoms with Crippen LogP contribution in [0.4, 0.5) is 10.2 Å². The Balaban J connectivity index is 2.62. The Kier molecular flexibility index (Phi) is 3.22. The summed E-state index contributed by atoms with van der Waals surface area (Å²) in [6.45, 7) is 1.78. The molecular formula is C13H11FN4. The Labute approximate surface area is 104 Å². The summed E-state index contributed by atoms with van der Waals surface area (Å²) in [5.41, 5.74) is 4.76. The van der Waals surface area contributed by atoms with Crippen molar-refractivity contribution in [3.63, 3.8) is 0 Å². The normalized spacial score (nSPS) is 9.89. The molecule has 0 aliphatic rings. The van der Waals surface area contributed by atoms with Gasteiger partial charge in [0, 0.05) is 11.3 Å². The zero-order chi connectivity index (χ0) is 13.1. The van der Waals surface area contributed by atoms with Crippen LogP contribution in [0.15, 0.2) is 30.3 Å². The van der Waals surface area contributed by atoms with Gasteiger partial charge in [-0.05, 0) is 30.7 Å². The molecule has 1 heterocycles. The van der Waals surface area contributed by atoms with Crippen molar-refractivity contribution in [1.82, 2.24) is 4.98 Å². The number of anilines is 1. The number of nitrogens with two attached hydrogens (primary N) is 1. The summed E-state index contributed by atoms with van der Waals surface area (Å²) < 4.78 is 13.2. The van der Waals surface area contributed by atoms with Crippen LogP contribution >= 0.6 is 0 Å². The van der Waals surface area contributed by atoms with Gasteiger partial charge < -0.3 is 5.43 Å². The van der Waals surface area contributed by atoms with Crippen molar-refractivity contribution < 1.29 is 4.39 Å². The summed E-state index contributed by atoms with van der Waals surface area (Å²) >= 11 is 0. The number of nitriles is 1. The van der Waals surface area contributed by atoms with Gasteiger partial charge in [0.05, 0.1) is 5.56 Å². The number of aromatic nitrogens is 1. The SMILES string of the molecule is Cc1nc(NN)c(C#N)cc1-c1cccc(F)c1. The second-order valence-electron chi connectivity index (χ2n) is 3.78. The molecule has 0 aliphatic heterocycles. The van der Waals surface area contributed by atoms with E-state index in [0.717, 1.165) is 0 Å². The third-order valence-electron chi connectivity index (χ3n) is 2.61. The first-order valence-corrected chi connectivity index (χ1v) is 5.30. The van der Waals surface area contributed by atoms with Crippen molar-refractivity contribution in [2.75, 3.05) is 5.43 Å². The molecule has 0 fully saturated rings. The fourth-order valence-electron chi connectivity index (χ4n) is 1.75. The van der Waals surface area contributed by atoms with Crippen LogP contribution in [-0.2, 0) is 0 Å². The molecule has 0 aliphatic carbocycles. The van der Waals surface area contributed by atoms with E-state index >= 15 is 0 Å². The van der Waals surface area contributed by atoms with Crippen molar-refractivity contribution in [3.8, 4) is 17.2 Å². The molecule has 0 saturated heterocycles. The molecule has 4 nitrogen and oxygen atoms in total. The summed E-state index contributed by atoms with van der Waals surface area (Å²) in [5.74, 6) is 5.27. The van der Waals surface area contributed by atoms with Gasteiger partial charge in [0.15, 0.2) is 5.82 Å². The van der Waals surface area contributed by atoms with E-state index in [1.54, 1.807) is 25.1 Å². The molecule has 0 bridgehead atoms. The molecule has 0 unspecified atom stereocenters. The average Bonchev–Trinajstić information content (AvgIpc) is 2.38. The van der Waals surface area contributed by atoms with Crippen LogP contribution in [0.25, 0.3) is 11.1 Å². The van der Waals surface area contributed by atoms with E-state index in [4.69, 9.17) is 11.1 Å². The summed E-state index contributed by atoms with van der Waals surface area (Å²) in [5, 5.41) is 9.01. The van der Waals surface area contributed by atoms with Crippen molar-refractivity contribution in [1.29, 1.82) is 5.26 Å². The fourth-order valence-corrected chi connectivity index (χ4v) is 1.75. The van der Waals surface area contributed by atoms with Crippen molar-refractivity contribution in [3.05, 3.63) is 47.4 Å². The first-order valence-electron chi connectivity index (χ1n) is 5.30. The molecule has 1 aromatic heterocycles. The number of hydrogen-bond acceptors (Lipinski definition) is 4. The number of benzene rings is 1. The van der Waals surface area contributed by atoms with Crippen LogP contribution in [0, 0.1) is 24.1 Å². The second-order valence-corrected chi connectivity index (χ2v) is 3.78. The number of hydrogen-bond donors (Lipinski definition) is 2. The van der Waals surface area contributed by atoms with Gasteiger partial charge in [0.2, 0.25) is 0 Å². The molecule has 5 heteroatoms. The minimum absolute atomic E-state index is 0.315. The summed E-state index contributed by atoms with van der Waals surface area (Å²) in [4.78, 5) is 4.19. The molecule has 0 atom stereocenters. The number of nitrogens with one attached hydrogen (secondary N) is 1. The van der Waals surface area contributed by atoms with Crippen LogP contribution in [0.5, 0.6) is 0 Å². The van der Waals surface area contributed by atoms with Gasteiger partial charge in [0.1, 0.15) is 11.9 Å².